The zero-order chi connectivity index (χ0) is 21.4. The van der Waals surface area contributed by atoms with Gasteiger partial charge in [-0.15, -0.1) is 11.8 Å². The maximum Gasteiger partial charge on any atom is 0.257 e. The third-order valence-corrected chi connectivity index (χ3v) is 7.34. The maximum atomic E-state index is 12.7. The molecule has 156 valence electrons. The second-order valence-electron chi connectivity index (χ2n) is 7.79. The Balaban J connectivity index is 1.35. The van der Waals surface area contributed by atoms with E-state index in [0.29, 0.717) is 22.0 Å². The number of halogens is 1. The number of amides is 2. The first-order valence-electron chi connectivity index (χ1n) is 10.3. The minimum absolute atomic E-state index is 0.0692. The molecule has 1 aliphatic heterocycles. The fourth-order valence-electron chi connectivity index (χ4n) is 4.23. The Hall–Kier alpha value is -2.76. The second kappa shape index (κ2) is 8.40. The number of nitrogens with zero attached hydrogens (tertiary/aromatic N) is 1. The molecule has 1 heterocycles. The minimum atomic E-state index is -0.247. The van der Waals surface area contributed by atoms with Gasteiger partial charge in [-0.05, 0) is 72.4 Å². The zero-order valence-electron chi connectivity index (χ0n) is 16.8. The zero-order valence-corrected chi connectivity index (χ0v) is 18.4. The summed E-state index contributed by atoms with van der Waals surface area (Å²) in [7, 11) is 0. The molecule has 1 saturated heterocycles. The van der Waals surface area contributed by atoms with Crippen LogP contribution in [0, 0.1) is 0 Å². The van der Waals surface area contributed by atoms with E-state index in [2.05, 4.69) is 23.5 Å². The van der Waals surface area contributed by atoms with E-state index in [1.54, 1.807) is 36.0 Å². The van der Waals surface area contributed by atoms with Gasteiger partial charge >= 0.3 is 0 Å². The van der Waals surface area contributed by atoms with Crippen molar-refractivity contribution >= 4 is 46.6 Å². The van der Waals surface area contributed by atoms with Crippen molar-refractivity contribution < 1.29 is 9.59 Å². The van der Waals surface area contributed by atoms with Gasteiger partial charge in [-0.3, -0.25) is 14.5 Å². The van der Waals surface area contributed by atoms with E-state index in [-0.39, 0.29) is 17.2 Å². The van der Waals surface area contributed by atoms with Crippen molar-refractivity contribution in [1.82, 2.24) is 0 Å². The van der Waals surface area contributed by atoms with Crippen LogP contribution in [0.15, 0.2) is 66.7 Å². The monoisotopic (exact) mass is 448 g/mol. The molecular formula is C25H21ClN2O2S. The lowest BCUT2D eigenvalue weighted by molar-refractivity contribution is -0.115. The Kier molecular flexibility index (Phi) is 5.47. The van der Waals surface area contributed by atoms with E-state index in [0.717, 1.165) is 24.1 Å². The Labute approximate surface area is 190 Å². The first kappa shape index (κ1) is 20.2. The van der Waals surface area contributed by atoms with Gasteiger partial charge in [-0.25, -0.2) is 0 Å². The molecule has 1 unspecified atom stereocenters. The number of hydrogen-bond acceptors (Lipinski definition) is 3. The highest BCUT2D eigenvalue weighted by Crippen LogP contribution is 2.43. The highest BCUT2D eigenvalue weighted by Gasteiger charge is 2.34. The van der Waals surface area contributed by atoms with Crippen molar-refractivity contribution in [3.63, 3.8) is 0 Å². The van der Waals surface area contributed by atoms with Crippen LogP contribution in [0.5, 0.6) is 0 Å². The van der Waals surface area contributed by atoms with Gasteiger partial charge in [0.1, 0.15) is 5.37 Å². The average Bonchev–Trinajstić information content (AvgIpc) is 3.40. The molecule has 4 nitrogen and oxygen atoms in total. The number of thioether (sulfide) groups is 1. The predicted octanol–water partition coefficient (Wildman–Crippen LogP) is 5.86. The highest BCUT2D eigenvalue weighted by atomic mass is 35.5. The first-order valence-corrected chi connectivity index (χ1v) is 11.7. The number of fused-ring (bicyclic) bond motifs is 1. The van der Waals surface area contributed by atoms with Crippen LogP contribution in [0.1, 0.15) is 38.8 Å². The number of carbonyl (C=O) groups is 2. The quantitative estimate of drug-likeness (QED) is 0.543. The number of carbonyl (C=O) groups excluding carboxylic acids is 2. The molecule has 1 atom stereocenters. The van der Waals surface area contributed by atoms with Crippen molar-refractivity contribution in [2.75, 3.05) is 16.0 Å². The van der Waals surface area contributed by atoms with Gasteiger partial charge in [0, 0.05) is 11.4 Å². The van der Waals surface area contributed by atoms with E-state index < -0.39 is 0 Å². The lowest BCUT2D eigenvalue weighted by atomic mass is 10.1. The van der Waals surface area contributed by atoms with E-state index >= 15 is 0 Å². The van der Waals surface area contributed by atoms with Crippen LogP contribution in [0.2, 0.25) is 5.02 Å². The van der Waals surface area contributed by atoms with Gasteiger partial charge in [0.2, 0.25) is 5.91 Å². The number of aryl methyl sites for hydroxylation is 2. The molecule has 2 amide bonds. The number of benzene rings is 3. The second-order valence-corrected chi connectivity index (χ2v) is 9.27. The largest absolute Gasteiger partial charge is 0.322 e. The smallest absolute Gasteiger partial charge is 0.257 e. The third kappa shape index (κ3) is 3.95. The molecule has 6 heteroatoms. The van der Waals surface area contributed by atoms with Crippen LogP contribution in [-0.2, 0) is 17.6 Å². The summed E-state index contributed by atoms with van der Waals surface area (Å²) in [6.45, 7) is 0. The van der Waals surface area contributed by atoms with Gasteiger partial charge < -0.3 is 5.32 Å². The molecule has 31 heavy (non-hydrogen) atoms. The molecule has 3 aromatic rings. The summed E-state index contributed by atoms with van der Waals surface area (Å²) in [6.07, 6.45) is 3.40. The van der Waals surface area contributed by atoms with E-state index in [1.807, 2.05) is 29.2 Å². The van der Waals surface area contributed by atoms with Crippen molar-refractivity contribution in [3.05, 3.63) is 94.0 Å². The summed E-state index contributed by atoms with van der Waals surface area (Å²) in [5.74, 6) is 0.347. The van der Waals surface area contributed by atoms with E-state index in [1.165, 1.54) is 17.5 Å². The molecule has 0 aromatic heterocycles. The van der Waals surface area contributed by atoms with Crippen LogP contribution in [-0.4, -0.2) is 17.6 Å². The van der Waals surface area contributed by atoms with Crippen molar-refractivity contribution in [1.29, 1.82) is 0 Å². The molecule has 0 bridgehead atoms. The normalized spacial score (nSPS) is 17.6. The van der Waals surface area contributed by atoms with Crippen molar-refractivity contribution in [2.24, 2.45) is 0 Å². The summed E-state index contributed by atoms with van der Waals surface area (Å²) in [4.78, 5) is 27.1. The molecule has 3 aromatic carbocycles. The molecule has 1 N–H and O–H groups in total. The Morgan fingerprint density at radius 2 is 1.77 bits per heavy atom. The van der Waals surface area contributed by atoms with E-state index in [4.69, 9.17) is 11.6 Å². The van der Waals surface area contributed by atoms with Gasteiger partial charge in [-0.2, -0.15) is 0 Å². The molecule has 0 saturated carbocycles. The fraction of sp³-hybridized carbons (Fsp3) is 0.200. The summed E-state index contributed by atoms with van der Waals surface area (Å²) >= 11 is 7.75. The lowest BCUT2D eigenvalue weighted by Gasteiger charge is -2.25. The number of rotatable bonds is 4. The number of hydrogen-bond donors (Lipinski definition) is 1. The van der Waals surface area contributed by atoms with Gasteiger partial charge in [0.05, 0.1) is 16.3 Å². The van der Waals surface area contributed by atoms with E-state index in [9.17, 15) is 9.59 Å². The summed E-state index contributed by atoms with van der Waals surface area (Å²) in [5.41, 5.74) is 5.89. The Morgan fingerprint density at radius 1 is 1.00 bits per heavy atom. The minimum Gasteiger partial charge on any atom is -0.322 e. The lowest BCUT2D eigenvalue weighted by Crippen LogP contribution is -2.27. The van der Waals surface area contributed by atoms with Crippen LogP contribution in [0.4, 0.5) is 11.4 Å². The molecule has 5 rings (SSSR count). The van der Waals surface area contributed by atoms with Gasteiger partial charge in [-0.1, -0.05) is 41.9 Å². The molecule has 1 fully saturated rings. The van der Waals surface area contributed by atoms with Crippen LogP contribution < -0.4 is 10.2 Å². The Morgan fingerprint density at radius 3 is 2.58 bits per heavy atom. The van der Waals surface area contributed by atoms with Crippen LogP contribution in [0.3, 0.4) is 0 Å². The van der Waals surface area contributed by atoms with Crippen LogP contribution in [0.25, 0.3) is 0 Å². The molecule has 2 aliphatic rings. The molecule has 0 spiro atoms. The average molecular weight is 449 g/mol. The van der Waals surface area contributed by atoms with Gasteiger partial charge in [0.25, 0.3) is 5.91 Å². The maximum absolute atomic E-state index is 12.7. The van der Waals surface area contributed by atoms with Gasteiger partial charge in [0.15, 0.2) is 0 Å². The first-order chi connectivity index (χ1) is 15.1. The van der Waals surface area contributed by atoms with Crippen molar-refractivity contribution in [2.45, 2.75) is 24.6 Å². The predicted molar refractivity (Wildman–Crippen MR) is 127 cm³/mol. The third-order valence-electron chi connectivity index (χ3n) is 5.80. The summed E-state index contributed by atoms with van der Waals surface area (Å²) < 4.78 is 0. The standard InChI is InChI=1S/C25H21ClN2O2S/c26-22-7-2-1-6-21(22)24(30)27-19-11-8-17(9-12-19)25-28(23(29)15-31-25)20-13-10-16-4-3-5-18(16)14-20/h1-2,6-14,25H,3-5,15H2,(H,27,30). The van der Waals surface area contributed by atoms with Crippen LogP contribution >= 0.6 is 23.4 Å². The van der Waals surface area contributed by atoms with Crippen molar-refractivity contribution in [3.8, 4) is 0 Å². The fourth-order valence-corrected chi connectivity index (χ4v) is 5.63. The molecule has 1 aliphatic carbocycles. The number of anilines is 2. The Bertz CT molecular complexity index is 1160. The summed E-state index contributed by atoms with van der Waals surface area (Å²) in [5, 5.41) is 3.24. The number of nitrogens with one attached hydrogen (secondary N) is 1. The topological polar surface area (TPSA) is 49.4 Å². The molecular weight excluding hydrogens is 428 g/mol. The highest BCUT2D eigenvalue weighted by molar-refractivity contribution is 8.00. The summed E-state index contributed by atoms with van der Waals surface area (Å²) in [6, 6.07) is 21.1. The SMILES string of the molecule is O=C(Nc1ccc(C2SCC(=O)N2c2ccc3c(c2)CCC3)cc1)c1ccccc1Cl. The molecule has 0 radical (unpaired) electrons.